The number of fused-ring (bicyclic) bond motifs is 1. The molecule has 1 saturated heterocycles. The molecule has 2 atom stereocenters. The lowest BCUT2D eigenvalue weighted by atomic mass is 9.36. The van der Waals surface area contributed by atoms with Crippen LogP contribution in [0.3, 0.4) is 0 Å². The van der Waals surface area contributed by atoms with Gasteiger partial charge < -0.3 is 19.5 Å². The molecule has 2 aromatic heterocycles. The summed E-state index contributed by atoms with van der Waals surface area (Å²) in [7, 11) is 3.54. The first-order valence-corrected chi connectivity index (χ1v) is 13.3. The van der Waals surface area contributed by atoms with E-state index in [1.54, 1.807) is 37.3 Å². The molecule has 8 nitrogen and oxygen atoms in total. The minimum absolute atomic E-state index is 0.0426. The van der Waals surface area contributed by atoms with Gasteiger partial charge in [0.2, 0.25) is 5.95 Å². The van der Waals surface area contributed by atoms with E-state index in [9.17, 15) is 9.18 Å². The molecule has 0 spiro atoms. The van der Waals surface area contributed by atoms with Crippen molar-refractivity contribution in [2.75, 3.05) is 45.7 Å². The fraction of sp³-hybridized carbons (Fsp3) is 0.536. The molecule has 3 aromatic rings. The van der Waals surface area contributed by atoms with Crippen molar-refractivity contribution < 1.29 is 13.9 Å². The van der Waals surface area contributed by atoms with Gasteiger partial charge >= 0.3 is 0 Å². The maximum absolute atomic E-state index is 14.8. The molecule has 1 aliphatic heterocycles. The minimum atomic E-state index is -0.425. The van der Waals surface area contributed by atoms with Gasteiger partial charge in [0.05, 0.1) is 5.54 Å². The zero-order valence-electron chi connectivity index (χ0n) is 22.0. The van der Waals surface area contributed by atoms with E-state index in [0.717, 1.165) is 37.1 Å². The SMILES string of the molecule is C[C@@H]1C2CC1(n1c(C(=O)N(C)C)cc3cnc(Nc4ccc(OCCN5CCCC5)c(F)c4)nc31)[C@@H]2C. The molecular weight excluding hydrogens is 471 g/mol. The monoisotopic (exact) mass is 506 g/mol. The molecule has 4 fully saturated rings. The van der Waals surface area contributed by atoms with E-state index < -0.39 is 5.82 Å². The lowest BCUT2D eigenvalue weighted by Crippen LogP contribution is -2.73. The van der Waals surface area contributed by atoms with Crippen molar-refractivity contribution in [1.29, 1.82) is 0 Å². The number of amides is 1. The first-order valence-electron chi connectivity index (χ1n) is 13.3. The van der Waals surface area contributed by atoms with E-state index >= 15 is 0 Å². The van der Waals surface area contributed by atoms with Gasteiger partial charge in [0, 0.05) is 44.0 Å². The molecular formula is C28H35FN6O2. The van der Waals surface area contributed by atoms with Crippen LogP contribution < -0.4 is 10.1 Å². The number of aromatic nitrogens is 3. The Morgan fingerprint density at radius 3 is 2.62 bits per heavy atom. The molecule has 1 aromatic carbocycles. The van der Waals surface area contributed by atoms with Crippen molar-refractivity contribution in [2.45, 2.75) is 38.6 Å². The fourth-order valence-corrected chi connectivity index (χ4v) is 6.72. The summed E-state index contributed by atoms with van der Waals surface area (Å²) in [6, 6.07) is 6.72. The van der Waals surface area contributed by atoms with Crippen LogP contribution >= 0.6 is 0 Å². The predicted octanol–water partition coefficient (Wildman–Crippen LogP) is 4.49. The molecule has 0 radical (unpaired) electrons. The number of nitrogens with zero attached hydrogens (tertiary/aromatic N) is 5. The molecule has 4 aliphatic rings. The molecule has 3 aliphatic carbocycles. The number of nitrogens with one attached hydrogen (secondary N) is 1. The number of carbonyl (C=O) groups excluding carboxylic acids is 1. The Morgan fingerprint density at radius 2 is 1.97 bits per heavy atom. The van der Waals surface area contributed by atoms with E-state index in [1.165, 1.54) is 18.9 Å². The zero-order chi connectivity index (χ0) is 25.9. The summed E-state index contributed by atoms with van der Waals surface area (Å²) >= 11 is 0. The van der Waals surface area contributed by atoms with Crippen LogP contribution in [0.15, 0.2) is 30.5 Å². The number of benzene rings is 1. The summed E-state index contributed by atoms with van der Waals surface area (Å²) in [5.74, 6) is 1.82. The van der Waals surface area contributed by atoms with Crippen LogP contribution in [0.4, 0.5) is 16.0 Å². The topological polar surface area (TPSA) is 75.5 Å². The van der Waals surface area contributed by atoms with Gasteiger partial charge in [-0.25, -0.2) is 9.37 Å². The molecule has 9 heteroatoms. The number of ether oxygens (including phenoxy) is 1. The summed E-state index contributed by atoms with van der Waals surface area (Å²) in [5, 5.41) is 3.97. The number of likely N-dealkylation sites (tertiary alicyclic amines) is 1. The molecule has 196 valence electrons. The Bertz CT molecular complexity index is 1340. The quantitative estimate of drug-likeness (QED) is 0.485. The molecule has 1 amide bonds. The number of anilines is 2. The normalized spacial score (nSPS) is 26.6. The highest BCUT2D eigenvalue weighted by Gasteiger charge is 2.70. The van der Waals surface area contributed by atoms with E-state index in [0.29, 0.717) is 41.7 Å². The van der Waals surface area contributed by atoms with Crippen molar-refractivity contribution in [1.82, 2.24) is 24.3 Å². The van der Waals surface area contributed by atoms with Crippen molar-refractivity contribution >= 4 is 28.6 Å². The maximum Gasteiger partial charge on any atom is 0.270 e. The Labute approximate surface area is 216 Å². The molecule has 3 heterocycles. The fourth-order valence-electron chi connectivity index (χ4n) is 6.72. The highest BCUT2D eigenvalue weighted by Crippen LogP contribution is 2.71. The second kappa shape index (κ2) is 8.97. The van der Waals surface area contributed by atoms with Crippen LogP contribution in [-0.2, 0) is 5.54 Å². The van der Waals surface area contributed by atoms with E-state index in [1.807, 2.05) is 6.07 Å². The van der Waals surface area contributed by atoms with Gasteiger partial charge in [-0.15, -0.1) is 0 Å². The third kappa shape index (κ3) is 3.77. The third-order valence-electron chi connectivity index (χ3n) is 9.06. The van der Waals surface area contributed by atoms with E-state index in [2.05, 4.69) is 33.6 Å². The minimum Gasteiger partial charge on any atom is -0.489 e. The second-order valence-electron chi connectivity index (χ2n) is 11.1. The zero-order valence-corrected chi connectivity index (χ0v) is 22.0. The number of hydrogen-bond donors (Lipinski definition) is 1. The van der Waals surface area contributed by atoms with Crippen molar-refractivity contribution in [3.05, 3.63) is 42.0 Å². The first-order chi connectivity index (χ1) is 17.8. The smallest absolute Gasteiger partial charge is 0.270 e. The Hall–Kier alpha value is -3.20. The predicted molar refractivity (Wildman–Crippen MR) is 141 cm³/mol. The summed E-state index contributed by atoms with van der Waals surface area (Å²) in [6.07, 6.45) is 5.24. The van der Waals surface area contributed by atoms with Gasteiger partial charge in [-0.1, -0.05) is 13.8 Å². The first kappa shape index (κ1) is 24.2. The number of hydrogen-bond acceptors (Lipinski definition) is 6. The Kier molecular flexibility index (Phi) is 5.86. The largest absolute Gasteiger partial charge is 0.489 e. The summed E-state index contributed by atoms with van der Waals surface area (Å²) in [4.78, 5) is 26.4. The van der Waals surface area contributed by atoms with Gasteiger partial charge in [-0.3, -0.25) is 9.69 Å². The molecule has 0 unspecified atom stereocenters. The van der Waals surface area contributed by atoms with Crippen molar-refractivity contribution in [2.24, 2.45) is 17.8 Å². The van der Waals surface area contributed by atoms with Gasteiger partial charge in [-0.2, -0.15) is 4.98 Å². The maximum atomic E-state index is 14.8. The Balaban J connectivity index is 1.25. The van der Waals surface area contributed by atoms with Gasteiger partial charge in [-0.05, 0) is 68.3 Å². The van der Waals surface area contributed by atoms with Gasteiger partial charge in [0.15, 0.2) is 11.6 Å². The van der Waals surface area contributed by atoms with Crippen LogP contribution in [0.25, 0.3) is 11.0 Å². The molecule has 2 bridgehead atoms. The number of halogens is 1. The summed E-state index contributed by atoms with van der Waals surface area (Å²) in [6.45, 7) is 7.99. The average molecular weight is 507 g/mol. The molecule has 1 N–H and O–H groups in total. The summed E-state index contributed by atoms with van der Waals surface area (Å²) in [5.41, 5.74) is 1.82. The van der Waals surface area contributed by atoms with E-state index in [4.69, 9.17) is 9.72 Å². The van der Waals surface area contributed by atoms with Gasteiger partial charge in [0.25, 0.3) is 5.91 Å². The number of rotatable bonds is 8. The van der Waals surface area contributed by atoms with Gasteiger partial charge in [0.1, 0.15) is 17.9 Å². The van der Waals surface area contributed by atoms with E-state index in [-0.39, 0.29) is 17.2 Å². The van der Waals surface area contributed by atoms with Crippen LogP contribution in [0.5, 0.6) is 5.75 Å². The molecule has 37 heavy (non-hydrogen) atoms. The molecule has 7 rings (SSSR count). The average Bonchev–Trinajstić information content (AvgIpc) is 3.52. The Morgan fingerprint density at radius 1 is 1.22 bits per heavy atom. The lowest BCUT2D eigenvalue weighted by Gasteiger charge is -2.73. The van der Waals surface area contributed by atoms with Crippen LogP contribution in [0, 0.1) is 23.6 Å². The third-order valence-corrected chi connectivity index (χ3v) is 9.06. The van der Waals surface area contributed by atoms with Crippen molar-refractivity contribution in [3.63, 3.8) is 0 Å². The second-order valence-corrected chi connectivity index (χ2v) is 11.1. The summed E-state index contributed by atoms with van der Waals surface area (Å²) < 4.78 is 22.6. The standard InChI is InChI=1S/C28H35FN6O2/c1-17-21-15-28(17,18(21)2)35-23(26(36)33(3)4)13-19-16-30-27(32-25(19)35)31-20-7-8-24(22(29)14-20)37-12-11-34-9-5-6-10-34/h7-8,13-14,16-18,21H,5-6,9-12,15H2,1-4H3,(H,30,31,32)/t17-,18-,21?,28?/m1/s1. The highest BCUT2D eigenvalue weighted by atomic mass is 19.1. The number of carbonyl (C=O) groups is 1. The molecule has 3 saturated carbocycles. The van der Waals surface area contributed by atoms with Crippen LogP contribution in [0.1, 0.15) is 43.6 Å². The van der Waals surface area contributed by atoms with Crippen LogP contribution in [0.2, 0.25) is 0 Å². The highest BCUT2D eigenvalue weighted by molar-refractivity contribution is 5.98. The van der Waals surface area contributed by atoms with Crippen molar-refractivity contribution in [3.8, 4) is 5.75 Å². The lowest BCUT2D eigenvalue weighted by molar-refractivity contribution is -0.225. The van der Waals surface area contributed by atoms with Crippen LogP contribution in [-0.4, -0.2) is 70.6 Å².